The summed E-state index contributed by atoms with van der Waals surface area (Å²) in [6.07, 6.45) is -9.80. The van der Waals surface area contributed by atoms with Crippen molar-refractivity contribution in [2.24, 2.45) is 0 Å². The van der Waals surface area contributed by atoms with E-state index in [1.54, 1.807) is 5.32 Å². The van der Waals surface area contributed by atoms with Crippen molar-refractivity contribution >= 4 is 11.6 Å². The maximum absolute atomic E-state index is 12.2. The number of nitrogens with one attached hydrogen (secondary N) is 2. The van der Waals surface area contributed by atoms with Gasteiger partial charge in [-0.1, -0.05) is 0 Å². The quantitative estimate of drug-likeness (QED) is 0.612. The first-order valence-electron chi connectivity index (χ1n) is 7.78. The Morgan fingerprint density at radius 1 is 0.897 bits per heavy atom. The van der Waals surface area contributed by atoms with Crippen LogP contribution in [0.1, 0.15) is 0 Å². The molecule has 0 spiro atoms. The van der Waals surface area contributed by atoms with Crippen LogP contribution >= 0.6 is 0 Å². The van der Waals surface area contributed by atoms with Crippen LogP contribution < -0.4 is 10.1 Å². The van der Waals surface area contributed by atoms with Gasteiger partial charge < -0.3 is 10.1 Å². The summed E-state index contributed by atoms with van der Waals surface area (Å²) < 4.78 is 77.1. The van der Waals surface area contributed by atoms with E-state index in [1.165, 1.54) is 36.4 Å². The van der Waals surface area contributed by atoms with E-state index >= 15 is 0 Å². The maximum atomic E-state index is 12.2. The van der Waals surface area contributed by atoms with Crippen LogP contribution in [0.25, 0.3) is 22.8 Å². The van der Waals surface area contributed by atoms with Gasteiger partial charge in [-0.2, -0.15) is 18.3 Å². The monoisotopic (exact) mass is 416 g/mol. The van der Waals surface area contributed by atoms with Gasteiger partial charge in [0, 0.05) is 16.8 Å². The summed E-state index contributed by atoms with van der Waals surface area (Å²) in [5.74, 6) is -2.03. The number of benzene rings is 2. The molecule has 3 aromatic rings. The van der Waals surface area contributed by atoms with E-state index < -0.39 is 24.2 Å². The summed E-state index contributed by atoms with van der Waals surface area (Å²) in [4.78, 5) is 15.1. The first kappa shape index (κ1) is 20.2. The molecule has 1 aromatic heterocycles. The van der Waals surface area contributed by atoms with Crippen LogP contribution in [-0.2, 0) is 4.79 Å². The number of carbonyl (C=O) groups is 1. The number of ether oxygens (including phenoxy) is 1. The Bertz CT molecular complexity index is 995. The second kappa shape index (κ2) is 7.45. The van der Waals surface area contributed by atoms with Crippen molar-refractivity contribution < 1.29 is 35.9 Å². The highest BCUT2D eigenvalue weighted by molar-refractivity contribution is 5.95. The molecule has 0 radical (unpaired) electrons. The minimum absolute atomic E-state index is 0.0629. The van der Waals surface area contributed by atoms with Crippen molar-refractivity contribution in [2.75, 3.05) is 5.32 Å². The Hall–Kier alpha value is -3.57. The summed E-state index contributed by atoms with van der Waals surface area (Å²) >= 11 is 0. The number of halogens is 6. The topological polar surface area (TPSA) is 79.9 Å². The molecule has 3 rings (SSSR count). The summed E-state index contributed by atoms with van der Waals surface area (Å²) in [6, 6.07) is 10.2. The van der Waals surface area contributed by atoms with Crippen LogP contribution in [0.3, 0.4) is 0 Å². The normalized spacial score (nSPS) is 11.9. The van der Waals surface area contributed by atoms with Crippen molar-refractivity contribution in [1.82, 2.24) is 15.2 Å². The van der Waals surface area contributed by atoms with Gasteiger partial charge in [0.05, 0.1) is 0 Å². The third kappa shape index (κ3) is 5.24. The van der Waals surface area contributed by atoms with E-state index in [9.17, 15) is 31.1 Å². The van der Waals surface area contributed by atoms with Crippen LogP contribution in [0.4, 0.5) is 32.0 Å². The van der Waals surface area contributed by atoms with Gasteiger partial charge in [0.25, 0.3) is 0 Å². The molecule has 0 bridgehead atoms. The molecule has 0 aliphatic heterocycles. The van der Waals surface area contributed by atoms with Crippen LogP contribution in [0.2, 0.25) is 0 Å². The van der Waals surface area contributed by atoms with Crippen molar-refractivity contribution in [1.29, 1.82) is 0 Å². The lowest BCUT2D eigenvalue weighted by atomic mass is 10.2. The van der Waals surface area contributed by atoms with Gasteiger partial charge in [-0.15, -0.1) is 13.2 Å². The molecule has 0 saturated carbocycles. The summed E-state index contributed by atoms with van der Waals surface area (Å²) in [6.45, 7) is 0. The molecule has 6 nitrogen and oxygen atoms in total. The number of H-pyrrole nitrogens is 1. The Balaban J connectivity index is 1.72. The van der Waals surface area contributed by atoms with Gasteiger partial charge in [0.1, 0.15) is 5.75 Å². The van der Waals surface area contributed by atoms with E-state index in [-0.39, 0.29) is 17.3 Å². The number of hydrogen-bond acceptors (Lipinski definition) is 4. The van der Waals surface area contributed by atoms with Crippen molar-refractivity contribution in [3.63, 3.8) is 0 Å². The van der Waals surface area contributed by atoms with Gasteiger partial charge in [-0.3, -0.25) is 9.89 Å². The van der Waals surface area contributed by atoms with Crippen molar-refractivity contribution in [3.05, 3.63) is 48.5 Å². The first-order chi connectivity index (χ1) is 13.5. The molecular weight excluding hydrogens is 406 g/mol. The average Bonchev–Trinajstić information content (AvgIpc) is 3.11. The van der Waals surface area contributed by atoms with Gasteiger partial charge in [-0.05, 0) is 48.5 Å². The van der Waals surface area contributed by atoms with Gasteiger partial charge in [0.15, 0.2) is 11.6 Å². The number of aromatic nitrogens is 3. The largest absolute Gasteiger partial charge is 0.573 e. The fourth-order valence-corrected chi connectivity index (χ4v) is 2.24. The number of aromatic amines is 1. The zero-order valence-corrected chi connectivity index (χ0v) is 14.1. The fourth-order valence-electron chi connectivity index (χ4n) is 2.24. The van der Waals surface area contributed by atoms with Gasteiger partial charge in [0.2, 0.25) is 0 Å². The lowest BCUT2D eigenvalue weighted by Crippen LogP contribution is -2.29. The fraction of sp³-hybridized carbons (Fsp3) is 0.118. The summed E-state index contributed by atoms with van der Waals surface area (Å²) in [7, 11) is 0. The number of alkyl halides is 6. The third-order valence-corrected chi connectivity index (χ3v) is 3.51. The van der Waals surface area contributed by atoms with Gasteiger partial charge >= 0.3 is 18.4 Å². The summed E-state index contributed by atoms with van der Waals surface area (Å²) in [5, 5.41) is 8.28. The highest BCUT2D eigenvalue weighted by Gasteiger charge is 2.38. The number of hydrogen-bond donors (Lipinski definition) is 2. The molecule has 12 heteroatoms. The number of nitrogens with zero attached hydrogens (tertiary/aromatic N) is 2. The Labute approximate surface area is 158 Å². The average molecular weight is 416 g/mol. The number of carbonyl (C=O) groups excluding carboxylic acids is 1. The van der Waals surface area contributed by atoms with E-state index in [2.05, 4.69) is 19.9 Å². The van der Waals surface area contributed by atoms with Gasteiger partial charge in [-0.25, -0.2) is 4.98 Å². The minimum atomic E-state index is -5.00. The Kier molecular flexibility index (Phi) is 5.18. The molecule has 152 valence electrons. The smallest absolute Gasteiger partial charge is 0.406 e. The van der Waals surface area contributed by atoms with E-state index in [4.69, 9.17) is 0 Å². The SMILES string of the molecule is O=C(Nc1ccc(-c2n[nH]c(-c3ccc(OC(F)(F)F)cc3)n2)cc1)C(F)(F)F. The van der Waals surface area contributed by atoms with E-state index in [0.717, 1.165) is 12.1 Å². The molecule has 0 atom stereocenters. The molecule has 2 aromatic carbocycles. The summed E-state index contributed by atoms with van der Waals surface area (Å²) in [5.41, 5.74) is 0.814. The van der Waals surface area contributed by atoms with Crippen LogP contribution in [0.5, 0.6) is 5.75 Å². The molecular formula is C17H10F6N4O2. The third-order valence-electron chi connectivity index (χ3n) is 3.51. The number of anilines is 1. The molecule has 29 heavy (non-hydrogen) atoms. The molecule has 1 amide bonds. The highest BCUT2D eigenvalue weighted by Crippen LogP contribution is 2.26. The number of rotatable bonds is 4. The molecule has 2 N–H and O–H groups in total. The Morgan fingerprint density at radius 3 is 2.03 bits per heavy atom. The van der Waals surface area contributed by atoms with E-state index in [1.807, 2.05) is 0 Å². The second-order valence-electron chi connectivity index (χ2n) is 5.61. The molecule has 0 aliphatic carbocycles. The lowest BCUT2D eigenvalue weighted by molar-refractivity contribution is -0.274. The molecule has 0 saturated heterocycles. The molecule has 1 heterocycles. The zero-order valence-electron chi connectivity index (χ0n) is 14.1. The van der Waals surface area contributed by atoms with E-state index in [0.29, 0.717) is 11.1 Å². The van der Waals surface area contributed by atoms with Crippen molar-refractivity contribution in [3.8, 4) is 28.5 Å². The predicted molar refractivity (Wildman–Crippen MR) is 88.6 cm³/mol. The lowest BCUT2D eigenvalue weighted by Gasteiger charge is -2.08. The number of amides is 1. The standard InChI is InChI=1S/C17H10F6N4O2/c18-16(19,20)15(28)24-11-5-1-9(2-6-11)13-25-14(27-26-13)10-3-7-12(8-4-10)29-17(21,22)23/h1-8H,(H,24,28)(H,25,26,27). The second-order valence-corrected chi connectivity index (χ2v) is 5.61. The predicted octanol–water partition coefficient (Wildman–Crippen LogP) is 4.54. The highest BCUT2D eigenvalue weighted by atomic mass is 19.4. The molecule has 0 unspecified atom stereocenters. The zero-order chi connectivity index (χ0) is 21.2. The van der Waals surface area contributed by atoms with Crippen LogP contribution in [0, 0.1) is 0 Å². The molecule has 0 fully saturated rings. The van der Waals surface area contributed by atoms with Crippen LogP contribution in [-0.4, -0.2) is 33.6 Å². The van der Waals surface area contributed by atoms with Crippen LogP contribution in [0.15, 0.2) is 48.5 Å². The minimum Gasteiger partial charge on any atom is -0.406 e. The Morgan fingerprint density at radius 2 is 1.48 bits per heavy atom. The molecule has 0 aliphatic rings. The first-order valence-corrected chi connectivity index (χ1v) is 7.78. The maximum Gasteiger partial charge on any atom is 0.573 e. The van der Waals surface area contributed by atoms with Crippen molar-refractivity contribution in [2.45, 2.75) is 12.5 Å².